The van der Waals surface area contributed by atoms with Crippen LogP contribution in [0.15, 0.2) is 29.7 Å². The van der Waals surface area contributed by atoms with Gasteiger partial charge in [-0.15, -0.1) is 11.3 Å². The van der Waals surface area contributed by atoms with Gasteiger partial charge in [0.25, 0.3) is 0 Å². The number of hydrogen-bond acceptors (Lipinski definition) is 2. The van der Waals surface area contributed by atoms with Crippen molar-refractivity contribution >= 4 is 17.2 Å². The number of carbonyl (C=O) groups is 1. The first-order valence-electron chi connectivity index (χ1n) is 11.4. The standard InChI is InChI=1S/C25H35NOS/c1-16(21-5-4-14-28-21)15-17-6-8-19-18-7-9-22-25(3,13-11-23(27)26-22)20(18)10-12-24(17,19)2/h4-5,11,13-14,16-20,22H,6-10,12,15H2,1-3H3,(H,26,27)/t16?,17-,18+,19+,20+,22-,24-,25-/m1/s1. The van der Waals surface area contributed by atoms with Crippen LogP contribution in [0.25, 0.3) is 0 Å². The smallest absolute Gasteiger partial charge is 0.243 e. The maximum absolute atomic E-state index is 11.9. The van der Waals surface area contributed by atoms with Crippen molar-refractivity contribution in [3.8, 4) is 0 Å². The third-order valence-corrected chi connectivity index (χ3v) is 10.7. The van der Waals surface area contributed by atoms with Crippen LogP contribution < -0.4 is 5.32 Å². The Bertz CT molecular complexity index is 770. The first kappa shape index (κ1) is 18.9. The maximum atomic E-state index is 11.9. The second-order valence-corrected chi connectivity index (χ2v) is 11.7. The Morgan fingerprint density at radius 1 is 1.18 bits per heavy atom. The molecule has 3 saturated carbocycles. The Balaban J connectivity index is 1.37. The van der Waals surface area contributed by atoms with E-state index in [0.717, 1.165) is 30.1 Å². The molecule has 3 aliphatic carbocycles. The topological polar surface area (TPSA) is 29.1 Å². The molecule has 3 fully saturated rings. The van der Waals surface area contributed by atoms with Gasteiger partial charge in [0.05, 0.1) is 0 Å². The zero-order chi connectivity index (χ0) is 19.5. The van der Waals surface area contributed by atoms with Crippen molar-refractivity contribution in [2.45, 2.75) is 77.7 Å². The zero-order valence-corrected chi connectivity index (χ0v) is 18.4. The van der Waals surface area contributed by atoms with Crippen LogP contribution in [0.4, 0.5) is 0 Å². The highest BCUT2D eigenvalue weighted by molar-refractivity contribution is 7.10. The fourth-order valence-electron chi connectivity index (χ4n) is 7.94. The summed E-state index contributed by atoms with van der Waals surface area (Å²) >= 11 is 1.93. The minimum atomic E-state index is 0.116. The summed E-state index contributed by atoms with van der Waals surface area (Å²) in [6.07, 6.45) is 13.5. The lowest BCUT2D eigenvalue weighted by Gasteiger charge is -2.59. The number of carbonyl (C=O) groups excluding carboxylic acids is 1. The SMILES string of the molecule is CC(C[C@H]1CC[C@H]2[C@@H]3CC[C@H]4NC(=O)C=C[C@]4(C)[C@H]3CC[C@]12C)c1cccs1. The van der Waals surface area contributed by atoms with Gasteiger partial charge in [0.1, 0.15) is 0 Å². The average Bonchev–Trinajstić information content (AvgIpc) is 3.31. The first-order valence-corrected chi connectivity index (χ1v) is 12.3. The molecule has 152 valence electrons. The van der Waals surface area contributed by atoms with Crippen molar-refractivity contribution in [1.29, 1.82) is 0 Å². The van der Waals surface area contributed by atoms with Crippen molar-refractivity contribution in [2.24, 2.45) is 34.5 Å². The summed E-state index contributed by atoms with van der Waals surface area (Å²) in [5.41, 5.74) is 0.692. The van der Waals surface area contributed by atoms with E-state index < -0.39 is 0 Å². The predicted octanol–water partition coefficient (Wildman–Crippen LogP) is 6.16. The summed E-state index contributed by atoms with van der Waals surface area (Å²) in [6.45, 7) is 7.51. The lowest BCUT2D eigenvalue weighted by atomic mass is 9.47. The average molecular weight is 398 g/mol. The monoisotopic (exact) mass is 397 g/mol. The molecule has 0 spiro atoms. The Morgan fingerprint density at radius 3 is 2.82 bits per heavy atom. The quantitative estimate of drug-likeness (QED) is 0.650. The van der Waals surface area contributed by atoms with Crippen LogP contribution in [0.2, 0.25) is 0 Å². The molecule has 3 heteroatoms. The molecule has 4 aliphatic rings. The lowest BCUT2D eigenvalue weighted by molar-refractivity contribution is -0.122. The molecule has 1 aliphatic heterocycles. The van der Waals surface area contributed by atoms with Gasteiger partial charge in [0.2, 0.25) is 5.91 Å². The summed E-state index contributed by atoms with van der Waals surface area (Å²) in [5, 5.41) is 5.51. The van der Waals surface area contributed by atoms with E-state index in [4.69, 9.17) is 0 Å². The summed E-state index contributed by atoms with van der Waals surface area (Å²) < 4.78 is 0. The van der Waals surface area contributed by atoms with Gasteiger partial charge < -0.3 is 5.32 Å². The molecule has 0 saturated heterocycles. The molecule has 5 rings (SSSR count). The van der Waals surface area contributed by atoms with Crippen molar-refractivity contribution in [3.63, 3.8) is 0 Å². The van der Waals surface area contributed by atoms with Crippen molar-refractivity contribution < 1.29 is 4.79 Å². The summed E-state index contributed by atoms with van der Waals surface area (Å²) in [5.74, 6) is 4.17. The van der Waals surface area contributed by atoms with E-state index >= 15 is 0 Å². The highest BCUT2D eigenvalue weighted by Gasteiger charge is 2.59. The van der Waals surface area contributed by atoms with Crippen LogP contribution in [0.1, 0.15) is 76.5 Å². The van der Waals surface area contributed by atoms with E-state index in [-0.39, 0.29) is 11.3 Å². The fourth-order valence-corrected chi connectivity index (χ4v) is 8.74. The van der Waals surface area contributed by atoms with E-state index in [1.807, 2.05) is 17.4 Å². The highest BCUT2D eigenvalue weighted by atomic mass is 32.1. The van der Waals surface area contributed by atoms with Crippen molar-refractivity contribution in [1.82, 2.24) is 5.32 Å². The van der Waals surface area contributed by atoms with Crippen LogP contribution in [0, 0.1) is 34.5 Å². The first-order chi connectivity index (χ1) is 13.4. The van der Waals surface area contributed by atoms with Gasteiger partial charge in [0.15, 0.2) is 0 Å². The highest BCUT2D eigenvalue weighted by Crippen LogP contribution is 2.66. The number of fused-ring (bicyclic) bond motifs is 5. The van der Waals surface area contributed by atoms with E-state index in [0.29, 0.717) is 17.4 Å². The van der Waals surface area contributed by atoms with E-state index in [1.165, 1.54) is 38.5 Å². The summed E-state index contributed by atoms with van der Waals surface area (Å²) in [7, 11) is 0. The van der Waals surface area contributed by atoms with Gasteiger partial charge in [-0.1, -0.05) is 32.9 Å². The molecule has 8 atom stereocenters. The van der Waals surface area contributed by atoms with Crippen LogP contribution in [-0.4, -0.2) is 11.9 Å². The van der Waals surface area contributed by atoms with Gasteiger partial charge in [0, 0.05) is 16.3 Å². The summed E-state index contributed by atoms with van der Waals surface area (Å²) in [6, 6.07) is 4.88. The third-order valence-electron chi connectivity index (χ3n) is 9.55. The minimum Gasteiger partial charge on any atom is -0.349 e. The molecule has 0 radical (unpaired) electrons. The normalized spacial score (nSPS) is 45.7. The molecule has 0 aromatic carbocycles. The van der Waals surface area contributed by atoms with E-state index in [1.54, 1.807) is 4.88 Å². The molecule has 1 amide bonds. The number of hydrogen-bond donors (Lipinski definition) is 1. The lowest BCUT2D eigenvalue weighted by Crippen LogP contribution is -2.59. The molecule has 1 aromatic rings. The van der Waals surface area contributed by atoms with E-state index in [9.17, 15) is 4.79 Å². The van der Waals surface area contributed by atoms with Gasteiger partial charge in [-0.2, -0.15) is 0 Å². The fraction of sp³-hybridized carbons (Fsp3) is 0.720. The molecular formula is C25H35NOS. The number of rotatable bonds is 3. The van der Waals surface area contributed by atoms with E-state index in [2.05, 4.69) is 49.7 Å². The second-order valence-electron chi connectivity index (χ2n) is 10.7. The Hall–Kier alpha value is -1.09. The molecule has 28 heavy (non-hydrogen) atoms. The van der Waals surface area contributed by atoms with Crippen molar-refractivity contribution in [2.75, 3.05) is 0 Å². The maximum Gasteiger partial charge on any atom is 0.243 e. The van der Waals surface area contributed by atoms with Crippen LogP contribution >= 0.6 is 11.3 Å². The van der Waals surface area contributed by atoms with Gasteiger partial charge >= 0.3 is 0 Å². The molecule has 1 unspecified atom stereocenters. The second kappa shape index (κ2) is 6.72. The van der Waals surface area contributed by atoms with Gasteiger partial charge in [-0.05, 0) is 97.5 Å². The third kappa shape index (κ3) is 2.75. The van der Waals surface area contributed by atoms with Gasteiger partial charge in [-0.3, -0.25) is 4.79 Å². The number of amides is 1. The number of thiophene rings is 1. The largest absolute Gasteiger partial charge is 0.349 e. The van der Waals surface area contributed by atoms with Crippen LogP contribution in [0.3, 0.4) is 0 Å². The molecule has 0 bridgehead atoms. The predicted molar refractivity (Wildman–Crippen MR) is 116 cm³/mol. The van der Waals surface area contributed by atoms with Crippen LogP contribution in [0.5, 0.6) is 0 Å². The molecule has 2 nitrogen and oxygen atoms in total. The number of nitrogens with one attached hydrogen (secondary N) is 1. The van der Waals surface area contributed by atoms with Gasteiger partial charge in [-0.25, -0.2) is 0 Å². The Labute approximate surface area is 174 Å². The molecule has 1 N–H and O–H groups in total. The van der Waals surface area contributed by atoms with Crippen LogP contribution in [-0.2, 0) is 4.79 Å². The molecule has 2 heterocycles. The molecular weight excluding hydrogens is 362 g/mol. The molecule has 1 aromatic heterocycles. The zero-order valence-electron chi connectivity index (χ0n) is 17.6. The Morgan fingerprint density at radius 2 is 2.04 bits per heavy atom. The minimum absolute atomic E-state index is 0.116. The Kier molecular flexibility index (Phi) is 4.54. The summed E-state index contributed by atoms with van der Waals surface area (Å²) in [4.78, 5) is 13.5. The van der Waals surface area contributed by atoms with Crippen molar-refractivity contribution in [3.05, 3.63) is 34.5 Å².